The summed E-state index contributed by atoms with van der Waals surface area (Å²) in [5.74, 6) is 3.86. The summed E-state index contributed by atoms with van der Waals surface area (Å²) in [5.41, 5.74) is 1.13. The fourth-order valence-electron chi connectivity index (χ4n) is 12.4. The topological polar surface area (TPSA) is 52.6 Å². The quantitative estimate of drug-likeness (QED) is 0.345. The molecule has 5 fully saturated rings. The van der Waals surface area contributed by atoms with Gasteiger partial charge in [-0.25, -0.2) is 0 Å². The minimum absolute atomic E-state index is 0.0116. The van der Waals surface area contributed by atoms with Crippen LogP contribution in [0.1, 0.15) is 127 Å². The van der Waals surface area contributed by atoms with Crippen LogP contribution in [0.2, 0.25) is 0 Å². The highest BCUT2D eigenvalue weighted by Gasteiger charge is 2.71. The van der Waals surface area contributed by atoms with Gasteiger partial charge in [0.1, 0.15) is 6.10 Å². The van der Waals surface area contributed by atoms with Crippen molar-refractivity contribution >= 4 is 11.9 Å². The van der Waals surface area contributed by atoms with Crippen molar-refractivity contribution in [3.8, 4) is 0 Å². The molecule has 0 N–H and O–H groups in total. The van der Waals surface area contributed by atoms with Crippen LogP contribution in [0.4, 0.5) is 0 Å². The predicted molar refractivity (Wildman–Crippen MR) is 151 cm³/mol. The summed E-state index contributed by atoms with van der Waals surface area (Å²) >= 11 is 0. The average Bonchev–Trinajstić information content (AvgIpc) is 3.20. The van der Waals surface area contributed by atoms with E-state index < -0.39 is 0 Å². The van der Waals surface area contributed by atoms with Crippen molar-refractivity contribution in [3.63, 3.8) is 0 Å². The second-order valence-electron chi connectivity index (χ2n) is 16.2. The lowest BCUT2D eigenvalue weighted by Gasteiger charge is -2.73. The molecule has 0 aliphatic heterocycles. The Balaban J connectivity index is 1.49. The van der Waals surface area contributed by atoms with Gasteiger partial charge in [0.05, 0.1) is 6.61 Å². The Hall–Kier alpha value is -1.06. The van der Waals surface area contributed by atoms with Crippen molar-refractivity contribution in [2.45, 2.75) is 133 Å². The minimum Gasteiger partial charge on any atom is -0.465 e. The number of rotatable bonds is 4. The van der Waals surface area contributed by atoms with E-state index >= 15 is 0 Å². The van der Waals surface area contributed by atoms with Crippen LogP contribution in [0.5, 0.6) is 0 Å². The zero-order valence-corrected chi connectivity index (χ0v) is 26.0. The molecule has 0 aromatic rings. The first-order chi connectivity index (χ1) is 17.6. The van der Waals surface area contributed by atoms with Gasteiger partial charge in [-0.1, -0.05) is 48.5 Å². The average molecular weight is 529 g/mol. The maximum atomic E-state index is 11.9. The van der Waals surface area contributed by atoms with Crippen LogP contribution in [-0.4, -0.2) is 24.6 Å². The van der Waals surface area contributed by atoms with Gasteiger partial charge in [-0.05, 0) is 116 Å². The number of carbonyl (C=O) groups is 2. The molecule has 5 aliphatic rings. The van der Waals surface area contributed by atoms with E-state index in [0.717, 1.165) is 12.3 Å². The number of ether oxygens (including phenoxy) is 2. The number of carbonyl (C=O) groups excluding carboxylic acids is 2. The molecule has 0 aromatic heterocycles. The maximum Gasteiger partial charge on any atom is 0.302 e. The second-order valence-corrected chi connectivity index (χ2v) is 16.2. The summed E-state index contributed by atoms with van der Waals surface area (Å²) in [7, 11) is 0. The predicted octanol–water partition coefficient (Wildman–Crippen LogP) is 8.22. The summed E-state index contributed by atoms with van der Waals surface area (Å²) in [5, 5.41) is 0. The Labute approximate surface area is 232 Å². The highest BCUT2D eigenvalue weighted by molar-refractivity contribution is 5.66. The Morgan fingerprint density at radius 1 is 0.763 bits per heavy atom. The maximum absolute atomic E-state index is 11.9. The van der Waals surface area contributed by atoms with E-state index in [9.17, 15) is 9.59 Å². The van der Waals surface area contributed by atoms with Gasteiger partial charge in [0.25, 0.3) is 0 Å². The minimum atomic E-state index is -0.129. The van der Waals surface area contributed by atoms with Crippen molar-refractivity contribution < 1.29 is 19.1 Å². The first-order valence-corrected chi connectivity index (χ1v) is 15.9. The number of hydrogen-bond donors (Lipinski definition) is 0. The third-order valence-electron chi connectivity index (χ3n) is 14.3. The number of esters is 2. The monoisotopic (exact) mass is 528 g/mol. The van der Waals surface area contributed by atoms with Gasteiger partial charge in [-0.3, -0.25) is 9.59 Å². The molecule has 0 heterocycles. The van der Waals surface area contributed by atoms with Crippen molar-refractivity contribution in [1.82, 2.24) is 0 Å². The second kappa shape index (κ2) is 9.23. The SMILES string of the molecule is CC(=O)OC[C@]12CC[C@@H](C(C)C)C1[C@H]1CC[C@@H]3[C@@]4(C)CC[C@H](OC(C)=O)C(C)(C)[C@@H]4CC[C@@]3(C)[C@]1(C)CC2. The highest BCUT2D eigenvalue weighted by Crippen LogP contribution is 2.77. The molecule has 4 nitrogen and oxygen atoms in total. The lowest BCUT2D eigenvalue weighted by Crippen LogP contribution is -2.67. The molecule has 0 bridgehead atoms. The van der Waals surface area contributed by atoms with Crippen LogP contribution >= 0.6 is 0 Å². The van der Waals surface area contributed by atoms with Gasteiger partial charge in [0, 0.05) is 24.7 Å². The van der Waals surface area contributed by atoms with Crippen LogP contribution in [0.25, 0.3) is 0 Å². The van der Waals surface area contributed by atoms with E-state index in [2.05, 4.69) is 48.5 Å². The molecule has 5 saturated carbocycles. The lowest BCUT2D eigenvalue weighted by atomic mass is 9.32. The van der Waals surface area contributed by atoms with E-state index in [1.807, 2.05) is 0 Å². The van der Waals surface area contributed by atoms with Gasteiger partial charge in [0.15, 0.2) is 0 Å². The van der Waals surface area contributed by atoms with E-state index in [1.54, 1.807) is 13.8 Å². The molecule has 5 rings (SSSR count). The Morgan fingerprint density at radius 2 is 1.47 bits per heavy atom. The van der Waals surface area contributed by atoms with E-state index in [1.165, 1.54) is 57.8 Å². The van der Waals surface area contributed by atoms with Crippen molar-refractivity contribution in [1.29, 1.82) is 0 Å². The standard InChI is InChI=1S/C34H56O4/c1-21(2)24-12-17-34(20-37-22(3)35)19-18-32(8)25(29(24)34)10-11-27-31(7)15-14-28(38-23(4)36)30(5,6)26(31)13-16-33(27,32)9/h21,24-29H,10-20H2,1-9H3/t24-,25+,26-,27+,28-,29?,31-,32+,33+,34+/m0/s1. The van der Waals surface area contributed by atoms with Crippen molar-refractivity contribution in [2.24, 2.45) is 62.6 Å². The number of hydrogen-bond acceptors (Lipinski definition) is 4. The third kappa shape index (κ3) is 3.87. The van der Waals surface area contributed by atoms with E-state index in [4.69, 9.17) is 9.47 Å². The third-order valence-corrected chi connectivity index (χ3v) is 14.3. The highest BCUT2D eigenvalue weighted by atomic mass is 16.5. The Morgan fingerprint density at radius 3 is 2.11 bits per heavy atom. The van der Waals surface area contributed by atoms with Gasteiger partial charge in [-0.2, -0.15) is 0 Å². The van der Waals surface area contributed by atoms with Crippen LogP contribution in [-0.2, 0) is 19.1 Å². The van der Waals surface area contributed by atoms with Crippen molar-refractivity contribution in [3.05, 3.63) is 0 Å². The Bertz CT molecular complexity index is 954. The molecule has 0 aromatic carbocycles. The van der Waals surface area contributed by atoms with E-state index in [-0.39, 0.29) is 28.9 Å². The van der Waals surface area contributed by atoms with Crippen LogP contribution < -0.4 is 0 Å². The molecular weight excluding hydrogens is 472 g/mol. The summed E-state index contributed by atoms with van der Waals surface area (Å²) in [6.07, 6.45) is 12.4. The molecule has 0 radical (unpaired) electrons. The smallest absolute Gasteiger partial charge is 0.302 e. The van der Waals surface area contributed by atoms with Gasteiger partial charge in [0.2, 0.25) is 0 Å². The first kappa shape index (κ1) is 28.5. The molecule has 5 aliphatic carbocycles. The summed E-state index contributed by atoms with van der Waals surface area (Å²) in [6, 6.07) is 0. The fourth-order valence-corrected chi connectivity index (χ4v) is 12.4. The van der Waals surface area contributed by atoms with Crippen LogP contribution in [0.15, 0.2) is 0 Å². The molecular formula is C34H56O4. The van der Waals surface area contributed by atoms with Gasteiger partial charge < -0.3 is 9.47 Å². The molecule has 4 heteroatoms. The molecule has 38 heavy (non-hydrogen) atoms. The van der Waals surface area contributed by atoms with Gasteiger partial charge in [-0.15, -0.1) is 0 Å². The fraction of sp³-hybridized carbons (Fsp3) is 0.941. The molecule has 216 valence electrons. The zero-order valence-electron chi connectivity index (χ0n) is 26.0. The first-order valence-electron chi connectivity index (χ1n) is 15.9. The summed E-state index contributed by atoms with van der Waals surface area (Å²) < 4.78 is 11.8. The van der Waals surface area contributed by atoms with Crippen LogP contribution in [0, 0.1) is 62.6 Å². The van der Waals surface area contributed by atoms with E-state index in [0.29, 0.717) is 52.4 Å². The Kier molecular flexibility index (Phi) is 6.92. The normalized spacial score (nSPS) is 49.3. The largest absolute Gasteiger partial charge is 0.465 e. The van der Waals surface area contributed by atoms with Crippen LogP contribution in [0.3, 0.4) is 0 Å². The molecule has 10 atom stereocenters. The summed E-state index contributed by atoms with van der Waals surface area (Å²) in [4.78, 5) is 23.9. The zero-order chi connectivity index (χ0) is 27.9. The molecule has 0 amide bonds. The summed E-state index contributed by atoms with van der Waals surface area (Å²) in [6.45, 7) is 21.4. The molecule has 1 unspecified atom stereocenters. The lowest BCUT2D eigenvalue weighted by molar-refractivity contribution is -0.253. The van der Waals surface area contributed by atoms with Crippen molar-refractivity contribution in [2.75, 3.05) is 6.61 Å². The number of fused-ring (bicyclic) bond motifs is 7. The molecule has 0 spiro atoms. The molecule has 0 saturated heterocycles. The van der Waals surface area contributed by atoms with Gasteiger partial charge >= 0.3 is 11.9 Å².